The Hall–Kier alpha value is -3.96. The fourth-order valence-corrected chi connectivity index (χ4v) is 4.33. The lowest BCUT2D eigenvalue weighted by Crippen LogP contribution is -2.28. The van der Waals surface area contributed by atoms with Crippen LogP contribution in [-0.2, 0) is 11.3 Å². The molecule has 0 aliphatic carbocycles. The number of hydrogen-bond donors (Lipinski definition) is 0. The largest absolute Gasteiger partial charge is 0.345 e. The second-order valence-electron chi connectivity index (χ2n) is 8.76. The minimum absolute atomic E-state index is 0.0990. The van der Waals surface area contributed by atoms with Crippen molar-refractivity contribution in [3.8, 4) is 11.1 Å². The number of pyridine rings is 1. The highest BCUT2D eigenvalue weighted by Gasteiger charge is 2.22. The van der Waals surface area contributed by atoms with Crippen molar-refractivity contribution < 1.29 is 9.59 Å². The average molecular weight is 499 g/mol. The van der Waals surface area contributed by atoms with Crippen molar-refractivity contribution in [3.05, 3.63) is 111 Å². The van der Waals surface area contributed by atoms with Gasteiger partial charge in [0.1, 0.15) is 0 Å². The molecule has 4 aromatic rings. The first-order valence-corrected chi connectivity index (χ1v) is 12.1. The van der Waals surface area contributed by atoms with Gasteiger partial charge in [0.25, 0.3) is 5.56 Å². The molecule has 0 unspecified atom stereocenters. The van der Waals surface area contributed by atoms with E-state index >= 15 is 0 Å². The normalized spacial score (nSPS) is 11.2. The summed E-state index contributed by atoms with van der Waals surface area (Å²) in [5.41, 5.74) is 3.43. The molecule has 1 aromatic heterocycles. The zero-order valence-corrected chi connectivity index (χ0v) is 21.3. The first-order chi connectivity index (χ1) is 17.3. The summed E-state index contributed by atoms with van der Waals surface area (Å²) >= 11 is 6.32. The highest BCUT2D eigenvalue weighted by molar-refractivity contribution is 6.31. The van der Waals surface area contributed by atoms with Crippen LogP contribution >= 0.6 is 11.6 Å². The summed E-state index contributed by atoms with van der Waals surface area (Å²) in [5.74, 6) is -0.215. The standard InChI is InChI=1S/C30H27ClN2O3/c1-4-26(34)29-28(22-8-6-5-7-9-22)25-18-23(31)15-16-24(25)30(36)33(29)19-21-12-10-20(11-13-21)14-17-27(35)32(2)3/h5-18H,4,19H2,1-3H3/b17-14+. The monoisotopic (exact) mass is 498 g/mol. The lowest BCUT2D eigenvalue weighted by molar-refractivity contribution is -0.123. The molecule has 6 heteroatoms. The van der Waals surface area contributed by atoms with Gasteiger partial charge in [0.05, 0.1) is 12.2 Å². The first kappa shape index (κ1) is 25.1. The smallest absolute Gasteiger partial charge is 0.259 e. The molecule has 0 aliphatic rings. The van der Waals surface area contributed by atoms with Crippen molar-refractivity contribution in [2.24, 2.45) is 0 Å². The van der Waals surface area contributed by atoms with Gasteiger partial charge in [-0.25, -0.2) is 0 Å². The van der Waals surface area contributed by atoms with Crippen LogP contribution in [0.1, 0.15) is 35.0 Å². The molecule has 0 atom stereocenters. The summed E-state index contributed by atoms with van der Waals surface area (Å²) in [4.78, 5) is 40.3. The lowest BCUT2D eigenvalue weighted by atomic mass is 9.94. The predicted octanol–water partition coefficient (Wildman–Crippen LogP) is 6.06. The van der Waals surface area contributed by atoms with E-state index in [0.717, 1.165) is 16.7 Å². The summed E-state index contributed by atoms with van der Waals surface area (Å²) in [6, 6.07) is 22.4. The van der Waals surface area contributed by atoms with Gasteiger partial charge in [-0.2, -0.15) is 0 Å². The molecule has 36 heavy (non-hydrogen) atoms. The van der Waals surface area contributed by atoms with Crippen LogP contribution in [0.5, 0.6) is 0 Å². The van der Waals surface area contributed by atoms with Gasteiger partial charge in [-0.05, 0) is 46.4 Å². The van der Waals surface area contributed by atoms with Gasteiger partial charge >= 0.3 is 0 Å². The Morgan fingerprint density at radius 1 is 0.944 bits per heavy atom. The third kappa shape index (κ3) is 5.16. The Kier molecular flexibility index (Phi) is 7.51. The molecule has 182 valence electrons. The van der Waals surface area contributed by atoms with E-state index in [0.29, 0.717) is 27.1 Å². The highest BCUT2D eigenvalue weighted by Crippen LogP contribution is 2.33. The maximum atomic E-state index is 13.7. The highest BCUT2D eigenvalue weighted by atomic mass is 35.5. The number of ketones is 1. The quantitative estimate of drug-likeness (QED) is 0.230. The van der Waals surface area contributed by atoms with Gasteiger partial charge in [-0.3, -0.25) is 19.0 Å². The lowest BCUT2D eigenvalue weighted by Gasteiger charge is -2.19. The van der Waals surface area contributed by atoms with Crippen LogP contribution in [0.3, 0.4) is 0 Å². The molecule has 0 bridgehead atoms. The van der Waals surface area contributed by atoms with Gasteiger partial charge in [-0.15, -0.1) is 0 Å². The van der Waals surface area contributed by atoms with E-state index in [1.807, 2.05) is 54.6 Å². The molecular formula is C30H27ClN2O3. The third-order valence-corrected chi connectivity index (χ3v) is 6.30. The summed E-state index contributed by atoms with van der Waals surface area (Å²) in [5, 5.41) is 1.67. The van der Waals surface area contributed by atoms with Crippen molar-refractivity contribution >= 4 is 40.1 Å². The summed E-state index contributed by atoms with van der Waals surface area (Å²) in [7, 11) is 3.40. The molecule has 0 N–H and O–H groups in total. The van der Waals surface area contributed by atoms with Gasteiger partial charge in [-0.1, -0.05) is 73.1 Å². The van der Waals surface area contributed by atoms with Gasteiger partial charge in [0.2, 0.25) is 5.91 Å². The molecule has 4 rings (SSSR count). The minimum atomic E-state index is -0.237. The van der Waals surface area contributed by atoms with E-state index in [9.17, 15) is 14.4 Å². The molecule has 0 saturated heterocycles. The Balaban J connectivity index is 1.88. The number of halogens is 1. The molecule has 0 radical (unpaired) electrons. The summed E-state index contributed by atoms with van der Waals surface area (Å²) in [6.07, 6.45) is 3.52. The number of aromatic nitrogens is 1. The summed E-state index contributed by atoms with van der Waals surface area (Å²) < 4.78 is 1.57. The van der Waals surface area contributed by atoms with E-state index in [4.69, 9.17) is 11.6 Å². The average Bonchev–Trinajstić information content (AvgIpc) is 2.89. The van der Waals surface area contributed by atoms with Crippen LogP contribution in [0, 0.1) is 0 Å². The fourth-order valence-electron chi connectivity index (χ4n) is 4.16. The number of hydrogen-bond acceptors (Lipinski definition) is 3. The number of amides is 1. The number of Topliss-reactive ketones (excluding diaryl/α,β-unsaturated/α-hetero) is 1. The molecule has 0 aliphatic heterocycles. The number of fused-ring (bicyclic) bond motifs is 1. The van der Waals surface area contributed by atoms with E-state index in [2.05, 4.69) is 0 Å². The Morgan fingerprint density at radius 3 is 2.28 bits per heavy atom. The van der Waals surface area contributed by atoms with Crippen molar-refractivity contribution in [2.75, 3.05) is 14.1 Å². The van der Waals surface area contributed by atoms with E-state index in [-0.39, 0.29) is 30.2 Å². The molecule has 0 fully saturated rings. The molecule has 0 saturated carbocycles. The molecular weight excluding hydrogens is 472 g/mol. The van der Waals surface area contributed by atoms with Crippen LogP contribution in [0.2, 0.25) is 5.02 Å². The number of likely N-dealkylation sites (N-methyl/N-ethyl adjacent to an activating group) is 1. The Labute approximate surface area is 215 Å². The fraction of sp³-hybridized carbons (Fsp3) is 0.167. The number of benzene rings is 3. The minimum Gasteiger partial charge on any atom is -0.345 e. The Bertz CT molecular complexity index is 1520. The topological polar surface area (TPSA) is 59.4 Å². The van der Waals surface area contributed by atoms with Gasteiger partial charge in [0, 0.05) is 42.6 Å². The third-order valence-electron chi connectivity index (χ3n) is 6.06. The maximum Gasteiger partial charge on any atom is 0.259 e. The van der Waals surface area contributed by atoms with Crippen LogP contribution in [0.15, 0.2) is 83.7 Å². The van der Waals surface area contributed by atoms with Gasteiger partial charge in [0.15, 0.2) is 5.78 Å². The molecule has 5 nitrogen and oxygen atoms in total. The maximum absolute atomic E-state index is 13.7. The molecule has 3 aromatic carbocycles. The van der Waals surface area contributed by atoms with E-state index < -0.39 is 0 Å². The van der Waals surface area contributed by atoms with Crippen LogP contribution in [-0.4, -0.2) is 35.3 Å². The van der Waals surface area contributed by atoms with Crippen molar-refractivity contribution in [3.63, 3.8) is 0 Å². The SMILES string of the molecule is CCC(=O)c1c(-c2ccccc2)c2cc(Cl)ccc2c(=O)n1Cc1ccc(/C=C/C(=O)N(C)C)cc1. The number of rotatable bonds is 7. The van der Waals surface area contributed by atoms with Crippen LogP contribution in [0.25, 0.3) is 28.0 Å². The number of carbonyl (C=O) groups is 2. The molecule has 1 amide bonds. The molecule has 1 heterocycles. The van der Waals surface area contributed by atoms with Crippen LogP contribution in [0.4, 0.5) is 0 Å². The second kappa shape index (κ2) is 10.8. The zero-order chi connectivity index (χ0) is 25.8. The van der Waals surface area contributed by atoms with Crippen molar-refractivity contribution in [1.29, 1.82) is 0 Å². The Morgan fingerprint density at radius 2 is 1.64 bits per heavy atom. The van der Waals surface area contributed by atoms with Crippen molar-refractivity contribution in [2.45, 2.75) is 19.9 Å². The molecule has 0 spiro atoms. The van der Waals surface area contributed by atoms with Crippen molar-refractivity contribution in [1.82, 2.24) is 9.47 Å². The number of nitrogens with zero attached hydrogens (tertiary/aromatic N) is 2. The van der Waals surface area contributed by atoms with Crippen LogP contribution < -0.4 is 5.56 Å². The predicted molar refractivity (Wildman–Crippen MR) is 147 cm³/mol. The zero-order valence-electron chi connectivity index (χ0n) is 20.5. The van der Waals surface area contributed by atoms with Gasteiger partial charge < -0.3 is 4.90 Å². The second-order valence-corrected chi connectivity index (χ2v) is 9.19. The number of carbonyl (C=O) groups excluding carboxylic acids is 2. The summed E-state index contributed by atoms with van der Waals surface area (Å²) in [6.45, 7) is 2.03. The van der Waals surface area contributed by atoms with E-state index in [1.54, 1.807) is 49.9 Å². The first-order valence-electron chi connectivity index (χ1n) is 11.7. The van der Waals surface area contributed by atoms with E-state index in [1.165, 1.54) is 11.0 Å².